The lowest BCUT2D eigenvalue weighted by Gasteiger charge is -2.16. The van der Waals surface area contributed by atoms with Crippen molar-refractivity contribution in [2.75, 3.05) is 0 Å². The number of carbonyl (C=O) groups is 1. The first kappa shape index (κ1) is 20.5. The van der Waals surface area contributed by atoms with Gasteiger partial charge in [-0.25, -0.2) is 4.79 Å². The average Bonchev–Trinajstić information content (AvgIpc) is 2.60. The van der Waals surface area contributed by atoms with Crippen LogP contribution >= 0.6 is 69.6 Å². The smallest absolute Gasteiger partial charge is 0.336 e. The maximum atomic E-state index is 11.9. The Morgan fingerprint density at radius 2 is 1.33 bits per heavy atom. The van der Waals surface area contributed by atoms with E-state index in [1.54, 1.807) is 0 Å². The summed E-state index contributed by atoms with van der Waals surface area (Å²) >= 11 is 37.1. The van der Waals surface area contributed by atoms with Gasteiger partial charge in [0.25, 0.3) is 0 Å². The average molecular weight is 482 g/mol. The third-order valence-corrected chi connectivity index (χ3v) is 5.73. The summed E-state index contributed by atoms with van der Waals surface area (Å²) in [4.78, 5) is 16.2. The maximum absolute atomic E-state index is 11.9. The number of hydrogen-bond acceptors (Lipinski definition) is 2. The van der Waals surface area contributed by atoms with Crippen LogP contribution in [0.25, 0.3) is 22.4 Å². The highest BCUT2D eigenvalue weighted by Gasteiger charge is 2.24. The van der Waals surface area contributed by atoms with E-state index in [0.29, 0.717) is 16.1 Å². The number of aromatic nitrogens is 1. The quantitative estimate of drug-likeness (QED) is 0.385. The van der Waals surface area contributed by atoms with Gasteiger partial charge in [0.2, 0.25) is 0 Å². The van der Waals surface area contributed by atoms with Crippen molar-refractivity contribution in [1.82, 2.24) is 4.98 Å². The largest absolute Gasteiger partial charge is 0.478 e. The lowest BCUT2D eigenvalue weighted by Crippen LogP contribution is -2.03. The molecule has 0 aliphatic carbocycles. The van der Waals surface area contributed by atoms with Crippen molar-refractivity contribution >= 4 is 75.6 Å². The summed E-state index contributed by atoms with van der Waals surface area (Å²) in [7, 11) is 0. The topological polar surface area (TPSA) is 50.2 Å². The van der Waals surface area contributed by atoms with E-state index < -0.39 is 5.97 Å². The van der Waals surface area contributed by atoms with Crippen molar-refractivity contribution in [3.8, 4) is 22.4 Å². The zero-order chi connectivity index (χ0) is 19.9. The monoisotopic (exact) mass is 479 g/mol. The molecule has 3 rings (SSSR count). The first-order chi connectivity index (χ1) is 12.7. The summed E-state index contributed by atoms with van der Waals surface area (Å²) < 4.78 is 0. The molecule has 0 aliphatic rings. The van der Waals surface area contributed by atoms with Crippen molar-refractivity contribution in [3.05, 3.63) is 72.2 Å². The van der Waals surface area contributed by atoms with Crippen molar-refractivity contribution in [2.24, 2.45) is 0 Å². The van der Waals surface area contributed by atoms with Crippen LogP contribution in [0.15, 0.2) is 36.5 Å². The summed E-state index contributed by atoms with van der Waals surface area (Å²) in [5, 5.41) is 10.9. The highest BCUT2D eigenvalue weighted by Crippen LogP contribution is 2.44. The van der Waals surface area contributed by atoms with Gasteiger partial charge in [-0.05, 0) is 30.3 Å². The third-order valence-electron chi connectivity index (χ3n) is 3.69. The number of pyridine rings is 1. The normalized spacial score (nSPS) is 10.9. The van der Waals surface area contributed by atoms with Gasteiger partial charge < -0.3 is 5.11 Å². The Labute approximate surface area is 184 Å². The summed E-state index contributed by atoms with van der Waals surface area (Å²) in [5.41, 5.74) is 0.998. The summed E-state index contributed by atoms with van der Waals surface area (Å²) in [5.74, 6) is -1.19. The molecule has 0 fully saturated rings. The molecule has 0 saturated carbocycles. The van der Waals surface area contributed by atoms with Gasteiger partial charge in [-0.3, -0.25) is 4.98 Å². The molecule has 0 saturated heterocycles. The number of halogens is 6. The number of nitrogens with zero attached hydrogens (tertiary/aromatic N) is 1. The Balaban J connectivity index is 2.47. The van der Waals surface area contributed by atoms with E-state index in [9.17, 15) is 9.90 Å². The van der Waals surface area contributed by atoms with Gasteiger partial charge in [0.05, 0.1) is 31.3 Å². The van der Waals surface area contributed by atoms with Crippen molar-refractivity contribution in [3.63, 3.8) is 0 Å². The number of carboxylic acids is 1. The molecule has 0 unspecified atom stereocenters. The molecule has 1 heterocycles. The second-order valence-corrected chi connectivity index (χ2v) is 7.83. The number of rotatable bonds is 3. The standard InChI is InChI=1S/C18H7Cl6NO2/c19-7-3-10(15(23)12(21)5-7)14-9(18(26)27)1-2-25-17(14)11-4-8(20)6-13(22)16(11)24/h1-6H,(H,26,27). The Kier molecular flexibility index (Phi) is 6.11. The van der Waals surface area contributed by atoms with Gasteiger partial charge in [0.1, 0.15) is 0 Å². The predicted molar refractivity (Wildman–Crippen MR) is 112 cm³/mol. The van der Waals surface area contributed by atoms with Crippen LogP contribution in [-0.4, -0.2) is 16.1 Å². The summed E-state index contributed by atoms with van der Waals surface area (Å²) in [6, 6.07) is 7.30. The summed E-state index contributed by atoms with van der Waals surface area (Å²) in [6.07, 6.45) is 1.34. The van der Waals surface area contributed by atoms with Gasteiger partial charge in [-0.15, -0.1) is 0 Å². The molecule has 0 radical (unpaired) electrons. The van der Waals surface area contributed by atoms with Crippen LogP contribution in [0.2, 0.25) is 30.1 Å². The fourth-order valence-corrected chi connectivity index (χ4v) is 3.97. The van der Waals surface area contributed by atoms with Crippen LogP contribution in [0.5, 0.6) is 0 Å². The van der Waals surface area contributed by atoms with E-state index in [2.05, 4.69) is 4.98 Å². The second-order valence-electron chi connectivity index (χ2n) is 5.39. The number of hydrogen-bond donors (Lipinski definition) is 1. The molecule has 0 amide bonds. The number of carboxylic acid groups (broad SMARTS) is 1. The van der Waals surface area contributed by atoms with Crippen molar-refractivity contribution in [2.45, 2.75) is 0 Å². The minimum Gasteiger partial charge on any atom is -0.478 e. The molecule has 138 valence electrons. The number of aromatic carboxylic acids is 1. The Hall–Kier alpha value is -1.20. The Morgan fingerprint density at radius 3 is 1.89 bits per heavy atom. The molecule has 2 aromatic carbocycles. The van der Waals surface area contributed by atoms with Crippen LogP contribution in [0.3, 0.4) is 0 Å². The lowest BCUT2D eigenvalue weighted by atomic mass is 9.94. The van der Waals surface area contributed by atoms with Crippen LogP contribution in [0, 0.1) is 0 Å². The van der Waals surface area contributed by atoms with Gasteiger partial charge in [-0.1, -0.05) is 69.6 Å². The van der Waals surface area contributed by atoms with E-state index >= 15 is 0 Å². The molecule has 1 aromatic heterocycles. The SMILES string of the molecule is O=C(O)c1ccnc(-c2cc(Cl)cc(Cl)c2Cl)c1-c1cc(Cl)cc(Cl)c1Cl. The molecular formula is C18H7Cl6NO2. The molecular weight excluding hydrogens is 475 g/mol. The van der Waals surface area contributed by atoms with Crippen molar-refractivity contribution < 1.29 is 9.90 Å². The maximum Gasteiger partial charge on any atom is 0.336 e. The zero-order valence-electron chi connectivity index (χ0n) is 13.0. The van der Waals surface area contributed by atoms with Crippen LogP contribution in [-0.2, 0) is 0 Å². The highest BCUT2D eigenvalue weighted by molar-refractivity contribution is 6.46. The van der Waals surface area contributed by atoms with Crippen LogP contribution < -0.4 is 0 Å². The first-order valence-corrected chi connectivity index (χ1v) is 9.49. The van der Waals surface area contributed by atoms with E-state index in [4.69, 9.17) is 69.6 Å². The third kappa shape index (κ3) is 4.00. The molecule has 3 nitrogen and oxygen atoms in total. The molecule has 0 bridgehead atoms. The molecule has 1 N–H and O–H groups in total. The van der Waals surface area contributed by atoms with Gasteiger partial charge >= 0.3 is 5.97 Å². The highest BCUT2D eigenvalue weighted by atomic mass is 35.5. The number of benzene rings is 2. The molecule has 0 atom stereocenters. The molecule has 9 heteroatoms. The fraction of sp³-hybridized carbons (Fsp3) is 0. The molecule has 0 aliphatic heterocycles. The molecule has 27 heavy (non-hydrogen) atoms. The van der Waals surface area contributed by atoms with E-state index in [1.807, 2.05) is 0 Å². The van der Waals surface area contributed by atoms with Gasteiger partial charge in [0, 0.05) is 32.9 Å². The molecule has 0 spiro atoms. The Morgan fingerprint density at radius 1 is 0.815 bits per heavy atom. The molecule has 3 aromatic rings. The van der Waals surface area contributed by atoms with Gasteiger partial charge in [-0.2, -0.15) is 0 Å². The minimum absolute atomic E-state index is 0.0626. The van der Waals surface area contributed by atoms with E-state index in [-0.39, 0.29) is 41.9 Å². The van der Waals surface area contributed by atoms with Crippen LogP contribution in [0.1, 0.15) is 10.4 Å². The van der Waals surface area contributed by atoms with E-state index in [1.165, 1.54) is 36.5 Å². The van der Waals surface area contributed by atoms with Crippen LogP contribution in [0.4, 0.5) is 0 Å². The lowest BCUT2D eigenvalue weighted by molar-refractivity contribution is 0.0697. The predicted octanol–water partition coefficient (Wildman–Crippen LogP) is 8.03. The zero-order valence-corrected chi connectivity index (χ0v) is 17.6. The fourth-order valence-electron chi connectivity index (χ4n) is 2.58. The van der Waals surface area contributed by atoms with Gasteiger partial charge in [0.15, 0.2) is 0 Å². The second kappa shape index (κ2) is 8.04. The first-order valence-electron chi connectivity index (χ1n) is 7.22. The van der Waals surface area contributed by atoms with Crippen molar-refractivity contribution in [1.29, 1.82) is 0 Å². The Bertz CT molecular complexity index is 1080. The van der Waals surface area contributed by atoms with E-state index in [0.717, 1.165) is 0 Å². The summed E-state index contributed by atoms with van der Waals surface area (Å²) in [6.45, 7) is 0. The minimum atomic E-state index is -1.19.